The number of fused-ring (bicyclic) bond motifs is 1. The van der Waals surface area contributed by atoms with Gasteiger partial charge in [0.1, 0.15) is 0 Å². The van der Waals surface area contributed by atoms with Crippen molar-refractivity contribution in [1.82, 2.24) is 4.57 Å². The van der Waals surface area contributed by atoms with Crippen LogP contribution >= 0.6 is 0 Å². The summed E-state index contributed by atoms with van der Waals surface area (Å²) >= 11 is 0. The first kappa shape index (κ1) is 25.4. The van der Waals surface area contributed by atoms with Crippen molar-refractivity contribution in [2.45, 2.75) is 71.6 Å². The number of ether oxygens (including phenoxy) is 3. The zero-order chi connectivity index (χ0) is 27.8. The molecule has 2 heterocycles. The van der Waals surface area contributed by atoms with Crippen LogP contribution in [0.15, 0.2) is 42.5 Å². The highest BCUT2D eigenvalue weighted by molar-refractivity contribution is 5.99. The molecule has 0 spiro atoms. The number of nitrogens with zero attached hydrogens (tertiary/aromatic N) is 1. The van der Waals surface area contributed by atoms with E-state index < -0.39 is 5.41 Å². The summed E-state index contributed by atoms with van der Waals surface area (Å²) in [5.74, 6) is 2.17. The molecule has 1 aliphatic heterocycles. The zero-order valence-electron chi connectivity index (χ0n) is 23.8. The monoisotopic (exact) mass is 539 g/mol. The van der Waals surface area contributed by atoms with Gasteiger partial charge in [-0.3, -0.25) is 9.59 Å². The number of Topliss-reactive ketones (excluding diaryl/α,β-unsaturated/α-hetero) is 1. The molecule has 0 radical (unpaired) electrons. The Labute approximate surface area is 235 Å². The van der Waals surface area contributed by atoms with Gasteiger partial charge in [0, 0.05) is 28.7 Å². The minimum Gasteiger partial charge on any atom is -0.457 e. The Morgan fingerprint density at radius 2 is 1.65 bits per heavy atom. The molecule has 0 amide bonds. The molecule has 4 saturated carbocycles. The fourth-order valence-corrected chi connectivity index (χ4v) is 8.74. The number of aryl methyl sites for hydroxylation is 3. The number of hydrogen-bond donors (Lipinski definition) is 0. The third kappa shape index (κ3) is 3.90. The van der Waals surface area contributed by atoms with Crippen molar-refractivity contribution in [3.63, 3.8) is 0 Å². The van der Waals surface area contributed by atoms with Crippen LogP contribution in [0, 0.1) is 44.9 Å². The van der Waals surface area contributed by atoms with Crippen molar-refractivity contribution < 1.29 is 23.8 Å². The van der Waals surface area contributed by atoms with Crippen molar-refractivity contribution >= 4 is 11.8 Å². The van der Waals surface area contributed by atoms with Crippen LogP contribution in [0.25, 0.3) is 5.69 Å². The minimum atomic E-state index is -0.480. The van der Waals surface area contributed by atoms with E-state index in [0.29, 0.717) is 23.1 Å². The highest BCUT2D eigenvalue weighted by atomic mass is 16.7. The quantitative estimate of drug-likeness (QED) is 0.257. The molecule has 5 aliphatic rings. The van der Waals surface area contributed by atoms with E-state index >= 15 is 0 Å². The maximum absolute atomic E-state index is 13.8. The second-order valence-electron chi connectivity index (χ2n) is 13.0. The number of esters is 1. The second kappa shape index (κ2) is 8.98. The normalized spacial score (nSPS) is 27.7. The molecule has 6 heteroatoms. The molecule has 6 nitrogen and oxygen atoms in total. The first-order valence-electron chi connectivity index (χ1n) is 14.5. The Bertz CT molecular complexity index is 1530. The topological polar surface area (TPSA) is 66.8 Å². The number of ketones is 1. The average molecular weight is 540 g/mol. The van der Waals surface area contributed by atoms with Gasteiger partial charge in [-0.15, -0.1) is 0 Å². The number of rotatable bonds is 6. The molecule has 8 rings (SSSR count). The molecular formula is C34H37NO5. The van der Waals surface area contributed by atoms with E-state index in [2.05, 4.69) is 32.0 Å². The average Bonchev–Trinajstić information content (AvgIpc) is 3.50. The summed E-state index contributed by atoms with van der Waals surface area (Å²) in [6.45, 7) is 8.23. The number of benzene rings is 2. The maximum atomic E-state index is 13.8. The van der Waals surface area contributed by atoms with Crippen molar-refractivity contribution in [2.24, 2.45) is 17.3 Å². The molecule has 2 aromatic carbocycles. The van der Waals surface area contributed by atoms with Crippen LogP contribution in [0.5, 0.6) is 11.5 Å². The van der Waals surface area contributed by atoms with Crippen molar-refractivity contribution in [2.75, 3.05) is 13.4 Å². The van der Waals surface area contributed by atoms with Gasteiger partial charge in [-0.2, -0.15) is 0 Å². The van der Waals surface area contributed by atoms with Crippen LogP contribution < -0.4 is 9.47 Å². The number of aromatic nitrogens is 1. The molecule has 4 fully saturated rings. The van der Waals surface area contributed by atoms with E-state index in [1.165, 1.54) is 23.1 Å². The van der Waals surface area contributed by atoms with E-state index in [4.69, 9.17) is 14.2 Å². The first-order valence-corrected chi connectivity index (χ1v) is 14.5. The molecule has 40 heavy (non-hydrogen) atoms. The molecule has 0 saturated heterocycles. The second-order valence-corrected chi connectivity index (χ2v) is 13.0. The van der Waals surface area contributed by atoms with E-state index in [1.807, 2.05) is 42.7 Å². The van der Waals surface area contributed by atoms with Gasteiger partial charge in [0.05, 0.1) is 5.41 Å². The standard InChI is InChI=1S/C34H37NO5/c1-20-5-6-26(9-21(20)2)33-13-24-11-25(14-33)16-34(15-24,18-33)32(37)38-17-29(36)28-10-22(3)35(23(28)4)27-7-8-30-31(12-27)40-19-39-30/h5-10,12,24-25H,11,13-19H2,1-4H3/t24-,25-,33?,34?/m1/s1. The van der Waals surface area contributed by atoms with Crippen molar-refractivity contribution in [1.29, 1.82) is 0 Å². The third-order valence-electron chi connectivity index (χ3n) is 10.3. The summed E-state index contributed by atoms with van der Waals surface area (Å²) in [6.07, 6.45) is 6.15. The van der Waals surface area contributed by atoms with Gasteiger partial charge in [0.25, 0.3) is 0 Å². The molecule has 4 aliphatic carbocycles. The fraction of sp³-hybridized carbons (Fsp3) is 0.471. The summed E-state index contributed by atoms with van der Waals surface area (Å²) in [4.78, 5) is 27.2. The Morgan fingerprint density at radius 3 is 2.40 bits per heavy atom. The van der Waals surface area contributed by atoms with Crippen LogP contribution in [0.4, 0.5) is 0 Å². The molecule has 0 N–H and O–H groups in total. The number of carbonyl (C=O) groups is 2. The Balaban J connectivity index is 1.10. The van der Waals surface area contributed by atoms with E-state index in [0.717, 1.165) is 54.9 Å². The van der Waals surface area contributed by atoms with E-state index in [9.17, 15) is 9.59 Å². The number of carbonyl (C=O) groups excluding carboxylic acids is 2. The first-order chi connectivity index (χ1) is 19.2. The van der Waals surface area contributed by atoms with Gasteiger partial charge >= 0.3 is 5.97 Å². The molecule has 2 atom stereocenters. The van der Waals surface area contributed by atoms with Crippen LogP contribution in [0.3, 0.4) is 0 Å². The summed E-state index contributed by atoms with van der Waals surface area (Å²) in [7, 11) is 0. The molecule has 3 aromatic rings. The predicted octanol–water partition coefficient (Wildman–Crippen LogP) is 6.70. The Kier molecular flexibility index (Phi) is 5.71. The summed E-state index contributed by atoms with van der Waals surface area (Å²) in [6, 6.07) is 14.5. The predicted molar refractivity (Wildman–Crippen MR) is 151 cm³/mol. The van der Waals surface area contributed by atoms with Crippen LogP contribution in [-0.2, 0) is 14.9 Å². The van der Waals surface area contributed by atoms with Gasteiger partial charge in [0.2, 0.25) is 12.6 Å². The highest BCUT2D eigenvalue weighted by Crippen LogP contribution is 2.66. The molecule has 4 bridgehead atoms. The molecule has 208 valence electrons. The Hall–Kier alpha value is -3.54. The van der Waals surface area contributed by atoms with E-state index in [-0.39, 0.29) is 30.6 Å². The maximum Gasteiger partial charge on any atom is 0.312 e. The lowest BCUT2D eigenvalue weighted by molar-refractivity contribution is -0.172. The molecular weight excluding hydrogens is 502 g/mol. The smallest absolute Gasteiger partial charge is 0.312 e. The Morgan fingerprint density at radius 1 is 0.900 bits per heavy atom. The molecule has 0 unspecified atom stereocenters. The lowest BCUT2D eigenvalue weighted by atomic mass is 9.43. The largest absolute Gasteiger partial charge is 0.457 e. The number of hydrogen-bond acceptors (Lipinski definition) is 5. The van der Waals surface area contributed by atoms with Gasteiger partial charge in [-0.1, -0.05) is 18.2 Å². The minimum absolute atomic E-state index is 0.0428. The van der Waals surface area contributed by atoms with Gasteiger partial charge in [0.15, 0.2) is 18.1 Å². The lowest BCUT2D eigenvalue weighted by Gasteiger charge is -2.61. The highest BCUT2D eigenvalue weighted by Gasteiger charge is 2.61. The summed E-state index contributed by atoms with van der Waals surface area (Å²) in [5.41, 5.74) is 6.80. The van der Waals surface area contributed by atoms with Gasteiger partial charge in [-0.05, 0) is 118 Å². The third-order valence-corrected chi connectivity index (χ3v) is 10.3. The van der Waals surface area contributed by atoms with Crippen molar-refractivity contribution in [3.8, 4) is 17.2 Å². The summed E-state index contributed by atoms with van der Waals surface area (Å²) in [5, 5.41) is 0. The van der Waals surface area contributed by atoms with Crippen LogP contribution in [0.1, 0.15) is 77.0 Å². The summed E-state index contributed by atoms with van der Waals surface area (Å²) < 4.78 is 18.9. The lowest BCUT2D eigenvalue weighted by Crippen LogP contribution is -2.57. The van der Waals surface area contributed by atoms with Crippen molar-refractivity contribution in [3.05, 3.63) is 76.1 Å². The van der Waals surface area contributed by atoms with Gasteiger partial charge < -0.3 is 18.8 Å². The van der Waals surface area contributed by atoms with E-state index in [1.54, 1.807) is 0 Å². The SMILES string of the molecule is Cc1ccc(C23C[C@H]4C[C@@H](CC(C(=O)OCC(=O)c5cc(C)n(-c6ccc7c(c6)OCO7)c5C)(C4)C2)C3)cc1C. The molecule has 1 aromatic heterocycles. The van der Waals surface area contributed by atoms with Gasteiger partial charge in [-0.25, -0.2) is 0 Å². The van der Waals surface area contributed by atoms with Crippen LogP contribution in [0.2, 0.25) is 0 Å². The fourth-order valence-electron chi connectivity index (χ4n) is 8.74. The zero-order valence-corrected chi connectivity index (χ0v) is 23.8. The van der Waals surface area contributed by atoms with Crippen LogP contribution in [-0.4, -0.2) is 29.7 Å².